The second kappa shape index (κ2) is 11.7. The third-order valence-corrected chi connectivity index (χ3v) is 7.41. The second-order valence-electron chi connectivity index (χ2n) is 10.2. The molecule has 200 valence electrons. The summed E-state index contributed by atoms with van der Waals surface area (Å²) < 4.78 is 3.99. The molecule has 6 aromatic rings. The average molecular weight is 529 g/mol. The Balaban J connectivity index is 0.000000151. The van der Waals surface area contributed by atoms with Crippen molar-refractivity contribution in [2.24, 2.45) is 0 Å². The van der Waals surface area contributed by atoms with Gasteiger partial charge in [-0.15, -0.1) is 0 Å². The molecule has 5 heterocycles. The maximum Gasteiger partial charge on any atom is 0.150 e. The van der Waals surface area contributed by atoms with Gasteiger partial charge < -0.3 is 13.7 Å². The Labute approximate surface area is 234 Å². The normalized spacial score (nSPS) is 14.2. The number of aromatic nitrogens is 4. The van der Waals surface area contributed by atoms with Crippen LogP contribution in [0.5, 0.6) is 0 Å². The molecule has 4 aromatic heterocycles. The van der Waals surface area contributed by atoms with Gasteiger partial charge in [-0.25, -0.2) is 9.97 Å². The van der Waals surface area contributed by atoms with E-state index < -0.39 is 0 Å². The van der Waals surface area contributed by atoms with E-state index in [1.54, 1.807) is 12.3 Å². The lowest BCUT2D eigenvalue weighted by Gasteiger charge is -2.32. The van der Waals surface area contributed by atoms with Crippen LogP contribution in [-0.4, -0.2) is 68.1 Å². The number of carbonyl (C=O) groups excluding carboxylic acids is 1. The van der Waals surface area contributed by atoms with Crippen LogP contribution < -0.4 is 0 Å². The van der Waals surface area contributed by atoms with Crippen molar-refractivity contribution < 1.29 is 4.79 Å². The van der Waals surface area contributed by atoms with Crippen LogP contribution in [0.2, 0.25) is 0 Å². The van der Waals surface area contributed by atoms with Gasteiger partial charge in [0, 0.05) is 75.5 Å². The Bertz CT molecular complexity index is 1740. The molecule has 0 unspecified atom stereocenters. The Morgan fingerprint density at radius 1 is 0.675 bits per heavy atom. The van der Waals surface area contributed by atoms with E-state index in [4.69, 9.17) is 0 Å². The van der Waals surface area contributed by atoms with E-state index in [0.717, 1.165) is 61.4 Å². The number of hydrogen-bond acceptors (Lipinski definition) is 5. The van der Waals surface area contributed by atoms with Gasteiger partial charge >= 0.3 is 0 Å². The summed E-state index contributed by atoms with van der Waals surface area (Å²) in [5, 5.41) is 0. The predicted octanol–water partition coefficient (Wildman–Crippen LogP) is 5.56. The summed E-state index contributed by atoms with van der Waals surface area (Å²) in [6, 6.07) is 24.8. The maximum absolute atomic E-state index is 10.7. The molecule has 0 spiro atoms. The van der Waals surface area contributed by atoms with Crippen LogP contribution in [0.1, 0.15) is 15.9 Å². The van der Waals surface area contributed by atoms with Gasteiger partial charge in [-0.3, -0.25) is 9.69 Å². The summed E-state index contributed by atoms with van der Waals surface area (Å²) in [6.45, 7) is 5.67. The minimum atomic E-state index is 0.686. The fraction of sp³-hybridized carbons (Fsp3) is 0.182. The van der Waals surface area contributed by atoms with E-state index in [2.05, 4.69) is 69.4 Å². The number of hydrogen-bond donors (Lipinski definition) is 0. The summed E-state index contributed by atoms with van der Waals surface area (Å²) in [6.07, 6.45) is 12.4. The molecule has 0 bridgehead atoms. The molecule has 1 aliphatic heterocycles. The largest absolute Gasteiger partial charge is 0.307 e. The highest BCUT2D eigenvalue weighted by Crippen LogP contribution is 2.23. The van der Waals surface area contributed by atoms with Crippen molar-refractivity contribution in [2.45, 2.75) is 6.54 Å². The molecule has 1 aliphatic rings. The minimum Gasteiger partial charge on any atom is -0.307 e. The third kappa shape index (κ3) is 5.86. The number of piperazine rings is 1. The van der Waals surface area contributed by atoms with Crippen LogP contribution in [0.25, 0.3) is 33.5 Å². The number of benzene rings is 2. The zero-order chi connectivity index (χ0) is 27.3. The van der Waals surface area contributed by atoms with Crippen molar-refractivity contribution >= 4 is 17.6 Å². The van der Waals surface area contributed by atoms with Gasteiger partial charge in [0.25, 0.3) is 0 Å². The molecule has 7 heteroatoms. The first-order valence-electron chi connectivity index (χ1n) is 13.6. The van der Waals surface area contributed by atoms with Gasteiger partial charge in [0.2, 0.25) is 0 Å². The van der Waals surface area contributed by atoms with Crippen LogP contribution in [0.3, 0.4) is 0 Å². The predicted molar refractivity (Wildman–Crippen MR) is 159 cm³/mol. The fourth-order valence-electron chi connectivity index (χ4n) is 5.08. The molecule has 7 rings (SSSR count). The van der Waals surface area contributed by atoms with Crippen molar-refractivity contribution in [3.8, 4) is 22.3 Å². The smallest absolute Gasteiger partial charge is 0.150 e. The van der Waals surface area contributed by atoms with Gasteiger partial charge in [-0.1, -0.05) is 36.4 Å². The Kier molecular flexibility index (Phi) is 7.48. The molecule has 1 fully saturated rings. The molecule has 7 nitrogen and oxygen atoms in total. The van der Waals surface area contributed by atoms with E-state index in [1.807, 2.05) is 63.9 Å². The van der Waals surface area contributed by atoms with Gasteiger partial charge in [0.15, 0.2) is 0 Å². The zero-order valence-corrected chi connectivity index (χ0v) is 22.6. The van der Waals surface area contributed by atoms with Crippen LogP contribution in [0, 0.1) is 0 Å². The number of fused-ring (bicyclic) bond motifs is 2. The Hall–Kier alpha value is -4.59. The molecule has 0 N–H and O–H groups in total. The summed E-state index contributed by atoms with van der Waals surface area (Å²) >= 11 is 0. The van der Waals surface area contributed by atoms with E-state index in [0.29, 0.717) is 5.56 Å². The second-order valence-corrected chi connectivity index (χ2v) is 10.2. The van der Waals surface area contributed by atoms with E-state index in [9.17, 15) is 4.79 Å². The van der Waals surface area contributed by atoms with Crippen molar-refractivity contribution in [1.29, 1.82) is 0 Å². The molecule has 2 aromatic carbocycles. The maximum atomic E-state index is 10.7. The highest BCUT2D eigenvalue weighted by Gasteiger charge is 2.14. The molecule has 0 atom stereocenters. The number of rotatable bonds is 5. The van der Waals surface area contributed by atoms with Crippen molar-refractivity contribution in [2.75, 3.05) is 33.2 Å². The molecular weight excluding hydrogens is 496 g/mol. The topological polar surface area (TPSA) is 58.2 Å². The Morgan fingerprint density at radius 3 is 1.88 bits per heavy atom. The first-order chi connectivity index (χ1) is 19.6. The molecule has 1 saturated heterocycles. The number of nitrogens with zero attached hydrogens (tertiary/aromatic N) is 6. The molecule has 0 aliphatic carbocycles. The van der Waals surface area contributed by atoms with Crippen LogP contribution in [0.4, 0.5) is 0 Å². The van der Waals surface area contributed by atoms with Crippen molar-refractivity contribution in [3.63, 3.8) is 0 Å². The molecular formula is C33H32N6O. The van der Waals surface area contributed by atoms with Crippen LogP contribution in [-0.2, 0) is 6.54 Å². The van der Waals surface area contributed by atoms with Gasteiger partial charge in [0.05, 0.1) is 0 Å². The highest BCUT2D eigenvalue weighted by atomic mass is 16.1. The first kappa shape index (κ1) is 25.7. The lowest BCUT2D eigenvalue weighted by atomic mass is 10.0. The summed E-state index contributed by atoms with van der Waals surface area (Å²) in [7, 11) is 2.20. The first-order valence-corrected chi connectivity index (χ1v) is 13.6. The van der Waals surface area contributed by atoms with Crippen LogP contribution >= 0.6 is 0 Å². The summed E-state index contributed by atoms with van der Waals surface area (Å²) in [5.41, 5.74) is 8.55. The lowest BCUT2D eigenvalue weighted by Crippen LogP contribution is -2.43. The minimum absolute atomic E-state index is 0.686. The summed E-state index contributed by atoms with van der Waals surface area (Å²) in [5.74, 6) is 0. The fourth-order valence-corrected chi connectivity index (χ4v) is 5.08. The average Bonchev–Trinajstić information content (AvgIpc) is 3.68. The Morgan fingerprint density at radius 2 is 1.25 bits per heavy atom. The molecule has 40 heavy (non-hydrogen) atoms. The summed E-state index contributed by atoms with van der Waals surface area (Å²) in [4.78, 5) is 24.3. The van der Waals surface area contributed by atoms with Crippen molar-refractivity contribution in [3.05, 3.63) is 121 Å². The monoisotopic (exact) mass is 528 g/mol. The van der Waals surface area contributed by atoms with Crippen LogP contribution in [0.15, 0.2) is 110 Å². The highest BCUT2D eigenvalue weighted by molar-refractivity contribution is 5.79. The van der Waals surface area contributed by atoms with Gasteiger partial charge in [0.1, 0.15) is 17.6 Å². The number of likely N-dealkylation sites (N-methyl/N-ethyl adjacent to an activating group) is 1. The standard InChI is InChI=1S/C19H22N4.C14H10N2O/c1-21-9-11-22(12-10-21)15-16-3-2-4-17(13-16)18-5-7-23-8-6-20-19(23)14-18;17-10-11-2-1-3-12(8-11)13-4-6-16-7-5-15-14(16)9-13/h2-8,13-14H,9-12,15H2,1H3;1-10H. The van der Waals surface area contributed by atoms with Gasteiger partial charge in [-0.05, 0) is 71.3 Å². The molecule has 0 radical (unpaired) electrons. The zero-order valence-electron chi connectivity index (χ0n) is 22.6. The number of aldehydes is 1. The van der Waals surface area contributed by atoms with E-state index >= 15 is 0 Å². The molecule has 0 saturated carbocycles. The third-order valence-electron chi connectivity index (χ3n) is 7.41. The quantitative estimate of drug-likeness (QED) is 0.274. The van der Waals surface area contributed by atoms with Gasteiger partial charge in [-0.2, -0.15) is 0 Å². The van der Waals surface area contributed by atoms with E-state index in [-0.39, 0.29) is 0 Å². The number of pyridine rings is 2. The van der Waals surface area contributed by atoms with Crippen molar-refractivity contribution in [1.82, 2.24) is 28.6 Å². The molecule has 0 amide bonds. The SMILES string of the molecule is CN1CCN(Cc2cccc(-c3ccn4ccnc4c3)c2)CC1.O=Cc1cccc(-c2ccn3ccnc3c2)c1. The number of carbonyl (C=O) groups is 1. The number of imidazole rings is 2. The van der Waals surface area contributed by atoms with E-state index in [1.165, 1.54) is 16.7 Å². The lowest BCUT2D eigenvalue weighted by molar-refractivity contribution is 0.112.